The quantitative estimate of drug-likeness (QED) is 0.788. The third-order valence-corrected chi connectivity index (χ3v) is 5.90. The van der Waals surface area contributed by atoms with Crippen LogP contribution in [-0.4, -0.2) is 56.4 Å². The third-order valence-electron chi connectivity index (χ3n) is 5.90. The molecule has 2 aliphatic rings. The Balaban J connectivity index is 1.60. The molecule has 32 heavy (non-hydrogen) atoms. The molecule has 0 saturated carbocycles. The second-order valence-corrected chi connectivity index (χ2v) is 8.84. The second-order valence-electron chi connectivity index (χ2n) is 8.84. The molecule has 0 aliphatic carbocycles. The van der Waals surface area contributed by atoms with Crippen molar-refractivity contribution in [1.82, 2.24) is 10.2 Å². The molecular weight excluding hydrogens is 404 g/mol. The first kappa shape index (κ1) is 22.6. The Kier molecular flexibility index (Phi) is 7.66. The van der Waals surface area contributed by atoms with Gasteiger partial charge in [-0.1, -0.05) is 18.2 Å². The second kappa shape index (κ2) is 10.8. The fourth-order valence-electron chi connectivity index (χ4n) is 4.40. The number of hydrogen-bond acceptors (Lipinski definition) is 5. The lowest BCUT2D eigenvalue weighted by atomic mass is 9.96. The third kappa shape index (κ3) is 6.02. The van der Waals surface area contributed by atoms with Crippen molar-refractivity contribution < 1.29 is 19.0 Å². The summed E-state index contributed by atoms with van der Waals surface area (Å²) in [5.41, 5.74) is 3.38. The Morgan fingerprint density at radius 2 is 1.97 bits per heavy atom. The van der Waals surface area contributed by atoms with Crippen molar-refractivity contribution in [3.05, 3.63) is 48.0 Å². The average Bonchev–Trinajstić information content (AvgIpc) is 2.78. The van der Waals surface area contributed by atoms with Gasteiger partial charge in [-0.2, -0.15) is 0 Å². The van der Waals surface area contributed by atoms with Crippen LogP contribution in [0.3, 0.4) is 0 Å². The molecule has 4 rings (SSSR count). The van der Waals surface area contributed by atoms with Gasteiger partial charge in [0.1, 0.15) is 18.1 Å². The number of rotatable bonds is 3. The summed E-state index contributed by atoms with van der Waals surface area (Å²) in [6.45, 7) is 8.64. The molecule has 0 aromatic heterocycles. The van der Waals surface area contributed by atoms with Crippen molar-refractivity contribution in [2.45, 2.75) is 39.3 Å². The summed E-state index contributed by atoms with van der Waals surface area (Å²) in [4.78, 5) is 14.9. The zero-order valence-electron chi connectivity index (χ0n) is 19.1. The molecule has 1 fully saturated rings. The number of hydrogen-bond donors (Lipinski definition) is 1. The number of piperidine rings is 1. The Morgan fingerprint density at radius 3 is 2.84 bits per heavy atom. The lowest BCUT2D eigenvalue weighted by Crippen LogP contribution is -2.43. The summed E-state index contributed by atoms with van der Waals surface area (Å²) in [6, 6.07) is 14.6. The van der Waals surface area contributed by atoms with Crippen LogP contribution < -0.4 is 14.8 Å². The zero-order valence-corrected chi connectivity index (χ0v) is 19.1. The standard InChI is InChI=1S/C26H34N2O4/c1-19(2)32-24-7-3-5-20(16-24)21-8-9-25-23(15-21)18-28-11-4-6-22(17-28)26(29)27-10-12-30-13-14-31-25/h3,5,7-9,15-16,19,22H,4,6,10-14,17-18H2,1-2H3,(H,27,29). The van der Waals surface area contributed by atoms with Crippen LogP contribution in [0.2, 0.25) is 0 Å². The Morgan fingerprint density at radius 1 is 1.09 bits per heavy atom. The highest BCUT2D eigenvalue weighted by atomic mass is 16.5. The predicted octanol–water partition coefficient (Wildman–Crippen LogP) is 3.88. The van der Waals surface area contributed by atoms with Crippen molar-refractivity contribution >= 4 is 5.91 Å². The van der Waals surface area contributed by atoms with Crippen LogP contribution in [0.4, 0.5) is 0 Å². The summed E-state index contributed by atoms with van der Waals surface area (Å²) in [5.74, 6) is 1.93. The van der Waals surface area contributed by atoms with Gasteiger partial charge in [-0.3, -0.25) is 9.69 Å². The molecule has 1 amide bonds. The summed E-state index contributed by atoms with van der Waals surface area (Å²) in [5, 5.41) is 3.02. The molecule has 1 saturated heterocycles. The molecule has 2 atom stereocenters. The van der Waals surface area contributed by atoms with Crippen molar-refractivity contribution in [2.24, 2.45) is 5.92 Å². The number of amides is 1. The van der Waals surface area contributed by atoms with Crippen LogP contribution in [0.1, 0.15) is 32.3 Å². The van der Waals surface area contributed by atoms with Crippen LogP contribution in [-0.2, 0) is 16.1 Å². The highest BCUT2D eigenvalue weighted by Crippen LogP contribution is 2.31. The van der Waals surface area contributed by atoms with Gasteiger partial charge in [0.25, 0.3) is 0 Å². The first-order valence-corrected chi connectivity index (χ1v) is 11.7. The van der Waals surface area contributed by atoms with E-state index in [4.69, 9.17) is 14.2 Å². The van der Waals surface area contributed by atoms with Crippen molar-refractivity contribution in [1.29, 1.82) is 0 Å². The smallest absolute Gasteiger partial charge is 0.224 e. The fourth-order valence-corrected chi connectivity index (χ4v) is 4.40. The normalized spacial score (nSPS) is 22.3. The van der Waals surface area contributed by atoms with Crippen LogP contribution >= 0.6 is 0 Å². The number of benzene rings is 2. The molecule has 2 aliphatic heterocycles. The molecule has 2 aromatic rings. The molecule has 2 aromatic carbocycles. The lowest BCUT2D eigenvalue weighted by Gasteiger charge is -2.32. The van der Waals surface area contributed by atoms with Crippen molar-refractivity contribution in [3.63, 3.8) is 0 Å². The van der Waals surface area contributed by atoms with E-state index >= 15 is 0 Å². The van der Waals surface area contributed by atoms with E-state index in [1.54, 1.807) is 0 Å². The largest absolute Gasteiger partial charge is 0.491 e. The Bertz CT molecular complexity index is 914. The maximum Gasteiger partial charge on any atom is 0.224 e. The fraction of sp³-hybridized carbons (Fsp3) is 0.500. The van der Waals surface area contributed by atoms with Gasteiger partial charge in [0, 0.05) is 25.2 Å². The minimum absolute atomic E-state index is 0.0316. The molecule has 172 valence electrons. The molecule has 2 bridgehead atoms. The summed E-state index contributed by atoms with van der Waals surface area (Å²) in [6.07, 6.45) is 2.10. The van der Waals surface area contributed by atoms with E-state index in [0.29, 0.717) is 26.4 Å². The highest BCUT2D eigenvalue weighted by Gasteiger charge is 2.26. The first-order chi connectivity index (χ1) is 15.6. The van der Waals surface area contributed by atoms with E-state index in [1.165, 1.54) is 0 Å². The average molecular weight is 439 g/mol. The number of nitrogens with zero attached hydrogens (tertiary/aromatic N) is 1. The SMILES string of the molecule is CC(C)Oc1cccc(-c2ccc3c(c2)CN2CCCC(C2)C(=O)NCCOCCO3)c1. The van der Waals surface area contributed by atoms with E-state index in [-0.39, 0.29) is 17.9 Å². The van der Waals surface area contributed by atoms with Crippen LogP contribution in [0.5, 0.6) is 11.5 Å². The van der Waals surface area contributed by atoms with E-state index in [2.05, 4.69) is 40.5 Å². The summed E-state index contributed by atoms with van der Waals surface area (Å²) < 4.78 is 17.6. The predicted molar refractivity (Wildman–Crippen MR) is 125 cm³/mol. The Labute approximate surface area is 190 Å². The monoisotopic (exact) mass is 438 g/mol. The number of carbonyl (C=O) groups is 1. The van der Waals surface area contributed by atoms with Gasteiger partial charge in [-0.15, -0.1) is 0 Å². The number of carbonyl (C=O) groups excluding carboxylic acids is 1. The van der Waals surface area contributed by atoms with Crippen molar-refractivity contribution in [3.8, 4) is 22.6 Å². The minimum atomic E-state index is 0.0316. The summed E-state index contributed by atoms with van der Waals surface area (Å²) >= 11 is 0. The van der Waals surface area contributed by atoms with Gasteiger partial charge >= 0.3 is 0 Å². The number of ether oxygens (including phenoxy) is 3. The van der Waals surface area contributed by atoms with Gasteiger partial charge in [-0.25, -0.2) is 0 Å². The van der Waals surface area contributed by atoms with Crippen LogP contribution in [0.15, 0.2) is 42.5 Å². The van der Waals surface area contributed by atoms with Gasteiger partial charge in [0.15, 0.2) is 0 Å². The van der Waals surface area contributed by atoms with Crippen molar-refractivity contribution in [2.75, 3.05) is 39.5 Å². The molecular formula is C26H34N2O4. The molecule has 0 spiro atoms. The van der Waals surface area contributed by atoms with Crippen LogP contribution in [0, 0.1) is 5.92 Å². The van der Waals surface area contributed by atoms with Gasteiger partial charge in [0.2, 0.25) is 5.91 Å². The van der Waals surface area contributed by atoms with E-state index in [1.807, 2.05) is 26.0 Å². The number of fused-ring (bicyclic) bond motifs is 3. The summed E-state index contributed by atoms with van der Waals surface area (Å²) in [7, 11) is 0. The lowest BCUT2D eigenvalue weighted by molar-refractivity contribution is -0.127. The minimum Gasteiger partial charge on any atom is -0.491 e. The first-order valence-electron chi connectivity index (χ1n) is 11.7. The van der Waals surface area contributed by atoms with Gasteiger partial charge < -0.3 is 19.5 Å². The molecule has 2 unspecified atom stereocenters. The van der Waals surface area contributed by atoms with Gasteiger partial charge in [-0.05, 0) is 68.6 Å². The maximum atomic E-state index is 12.6. The van der Waals surface area contributed by atoms with E-state index < -0.39 is 0 Å². The van der Waals surface area contributed by atoms with Crippen LogP contribution in [0.25, 0.3) is 11.1 Å². The highest BCUT2D eigenvalue weighted by molar-refractivity contribution is 5.79. The molecule has 6 nitrogen and oxygen atoms in total. The Hall–Kier alpha value is -2.57. The number of nitrogens with one attached hydrogen (secondary N) is 1. The zero-order chi connectivity index (χ0) is 22.3. The van der Waals surface area contributed by atoms with E-state index in [9.17, 15) is 4.79 Å². The van der Waals surface area contributed by atoms with E-state index in [0.717, 1.165) is 60.7 Å². The molecule has 0 radical (unpaired) electrons. The molecule has 2 heterocycles. The topological polar surface area (TPSA) is 60.0 Å². The molecule has 6 heteroatoms. The van der Waals surface area contributed by atoms with Gasteiger partial charge in [0.05, 0.1) is 25.2 Å². The maximum absolute atomic E-state index is 12.6. The molecule has 1 N–H and O–H groups in total.